The Kier molecular flexibility index (Phi) is 5.61. The molecule has 0 atom stereocenters. The van der Waals surface area contributed by atoms with Crippen LogP contribution in [-0.2, 0) is 0 Å². The van der Waals surface area contributed by atoms with Crippen LogP contribution in [0.1, 0.15) is 5.56 Å². The van der Waals surface area contributed by atoms with Gasteiger partial charge in [-0.05, 0) is 36.5 Å². The number of rotatable bonds is 6. The number of benzene rings is 2. The van der Waals surface area contributed by atoms with Gasteiger partial charge in [0.05, 0.1) is 23.9 Å². The van der Waals surface area contributed by atoms with Gasteiger partial charge < -0.3 is 10.5 Å². The molecule has 0 aliphatic carbocycles. The normalized spacial score (nSPS) is 10.8. The zero-order valence-corrected chi connectivity index (χ0v) is 15.6. The van der Waals surface area contributed by atoms with Gasteiger partial charge in [-0.3, -0.25) is 15.5 Å². The number of nitrogens with two attached hydrogens (primary N) is 1. The average molecular weight is 396 g/mol. The first-order valence-electron chi connectivity index (χ1n) is 8.06. The number of ether oxygens (including phenoxy) is 1. The molecule has 0 saturated heterocycles. The summed E-state index contributed by atoms with van der Waals surface area (Å²) in [6, 6.07) is 14.1. The predicted octanol–water partition coefficient (Wildman–Crippen LogP) is 2.62. The number of hydrogen-bond acceptors (Lipinski definition) is 6. The molecule has 0 bridgehead atoms. The van der Waals surface area contributed by atoms with Gasteiger partial charge in [0.2, 0.25) is 0 Å². The number of nitrogens with zero attached hydrogens (tertiary/aromatic N) is 4. The zero-order chi connectivity index (χ0) is 20.1. The van der Waals surface area contributed by atoms with Crippen LogP contribution in [0.25, 0.3) is 16.9 Å². The van der Waals surface area contributed by atoms with Gasteiger partial charge in [-0.25, -0.2) is 4.68 Å². The maximum absolute atomic E-state index is 11.4. The van der Waals surface area contributed by atoms with Crippen LogP contribution in [0.3, 0.4) is 0 Å². The van der Waals surface area contributed by atoms with E-state index in [-0.39, 0.29) is 16.5 Å². The molecule has 1 aromatic heterocycles. The lowest BCUT2D eigenvalue weighted by atomic mass is 10.1. The van der Waals surface area contributed by atoms with Gasteiger partial charge in [0.1, 0.15) is 5.69 Å². The van der Waals surface area contributed by atoms with Crippen molar-refractivity contribution >= 4 is 29.2 Å². The van der Waals surface area contributed by atoms with E-state index in [0.717, 1.165) is 5.69 Å². The van der Waals surface area contributed by atoms with E-state index < -0.39 is 4.92 Å². The Morgan fingerprint density at radius 2 is 2.11 bits per heavy atom. The van der Waals surface area contributed by atoms with Gasteiger partial charge >= 0.3 is 5.69 Å². The van der Waals surface area contributed by atoms with E-state index in [1.807, 2.05) is 30.3 Å². The first-order chi connectivity index (χ1) is 13.5. The third-order valence-electron chi connectivity index (χ3n) is 3.79. The minimum Gasteiger partial charge on any atom is -0.490 e. The summed E-state index contributed by atoms with van der Waals surface area (Å²) in [7, 11) is 1.38. The van der Waals surface area contributed by atoms with Crippen LogP contribution in [0, 0.1) is 10.1 Å². The third kappa shape index (κ3) is 4.13. The van der Waals surface area contributed by atoms with Crippen LogP contribution >= 0.6 is 12.2 Å². The minimum atomic E-state index is -0.501. The van der Waals surface area contributed by atoms with Gasteiger partial charge in [0.25, 0.3) is 0 Å². The highest BCUT2D eigenvalue weighted by atomic mass is 32.1. The summed E-state index contributed by atoms with van der Waals surface area (Å²) < 4.78 is 6.72. The highest BCUT2D eigenvalue weighted by Gasteiger charge is 2.19. The van der Waals surface area contributed by atoms with Crippen molar-refractivity contribution in [3.05, 3.63) is 70.4 Å². The maximum atomic E-state index is 11.4. The van der Waals surface area contributed by atoms with E-state index in [0.29, 0.717) is 16.8 Å². The van der Waals surface area contributed by atoms with Gasteiger partial charge in [-0.15, -0.1) is 0 Å². The monoisotopic (exact) mass is 396 g/mol. The second-order valence-corrected chi connectivity index (χ2v) is 6.03. The van der Waals surface area contributed by atoms with Crippen LogP contribution < -0.4 is 15.9 Å². The van der Waals surface area contributed by atoms with Gasteiger partial charge in [-0.1, -0.05) is 18.2 Å². The van der Waals surface area contributed by atoms with Crippen molar-refractivity contribution in [2.75, 3.05) is 7.11 Å². The number of methoxy groups -OCH3 is 1. The molecular formula is C18H16N6O3S. The van der Waals surface area contributed by atoms with Gasteiger partial charge in [0.15, 0.2) is 10.9 Å². The first kappa shape index (κ1) is 19.0. The van der Waals surface area contributed by atoms with Crippen LogP contribution in [0.5, 0.6) is 5.75 Å². The van der Waals surface area contributed by atoms with Crippen molar-refractivity contribution < 1.29 is 9.66 Å². The summed E-state index contributed by atoms with van der Waals surface area (Å²) in [6.45, 7) is 0. The topological polar surface area (TPSA) is 121 Å². The molecule has 28 heavy (non-hydrogen) atoms. The van der Waals surface area contributed by atoms with Crippen molar-refractivity contribution in [3.8, 4) is 22.7 Å². The number of nitrogens with one attached hydrogen (secondary N) is 1. The Balaban J connectivity index is 2.11. The predicted molar refractivity (Wildman–Crippen MR) is 110 cm³/mol. The molecule has 142 valence electrons. The maximum Gasteiger partial charge on any atom is 0.311 e. The van der Waals surface area contributed by atoms with E-state index in [4.69, 9.17) is 22.7 Å². The van der Waals surface area contributed by atoms with Crippen molar-refractivity contribution in [1.29, 1.82) is 0 Å². The molecule has 0 aliphatic rings. The number of aromatic nitrogens is 2. The Hall–Kier alpha value is -3.79. The summed E-state index contributed by atoms with van der Waals surface area (Å²) >= 11 is 4.74. The lowest BCUT2D eigenvalue weighted by Gasteiger charge is -2.04. The quantitative estimate of drug-likeness (QED) is 0.284. The van der Waals surface area contributed by atoms with E-state index in [2.05, 4.69) is 15.6 Å². The van der Waals surface area contributed by atoms with E-state index in [9.17, 15) is 10.1 Å². The molecule has 0 fully saturated rings. The van der Waals surface area contributed by atoms with Crippen molar-refractivity contribution in [3.63, 3.8) is 0 Å². The first-order valence-corrected chi connectivity index (χ1v) is 8.47. The molecule has 3 N–H and O–H groups in total. The fourth-order valence-corrected chi connectivity index (χ4v) is 2.62. The number of hydrazone groups is 1. The standard InChI is InChI=1S/C18H16N6O3S/c1-27-16-8-7-12(9-15(16)24(25)26)17-13(10-20-21-18(19)28)11-23(22-17)14-5-3-2-4-6-14/h2-11H,1H3,(H3,19,21,28)/b20-10-. The van der Waals surface area contributed by atoms with E-state index in [1.165, 1.54) is 25.5 Å². The Morgan fingerprint density at radius 1 is 1.36 bits per heavy atom. The van der Waals surface area contributed by atoms with Crippen molar-refractivity contribution in [2.45, 2.75) is 0 Å². The molecule has 0 unspecified atom stereocenters. The second-order valence-electron chi connectivity index (χ2n) is 5.59. The summed E-state index contributed by atoms with van der Waals surface area (Å²) in [4.78, 5) is 10.9. The molecule has 2 aromatic carbocycles. The number of nitro groups is 1. The molecule has 0 saturated carbocycles. The minimum absolute atomic E-state index is 0.0216. The summed E-state index contributed by atoms with van der Waals surface area (Å²) in [5.41, 5.74) is 10.2. The lowest BCUT2D eigenvalue weighted by molar-refractivity contribution is -0.385. The number of hydrogen-bond donors (Lipinski definition) is 2. The zero-order valence-electron chi connectivity index (χ0n) is 14.8. The Labute approximate surface area is 165 Å². The molecule has 0 spiro atoms. The van der Waals surface area contributed by atoms with Crippen molar-refractivity contribution in [1.82, 2.24) is 15.2 Å². The molecule has 9 nitrogen and oxygen atoms in total. The second kappa shape index (κ2) is 8.27. The average Bonchev–Trinajstić information content (AvgIpc) is 3.12. The lowest BCUT2D eigenvalue weighted by Crippen LogP contribution is -2.24. The molecule has 0 aliphatic heterocycles. The number of nitro benzene ring substituents is 1. The highest BCUT2D eigenvalue weighted by Crippen LogP contribution is 2.32. The molecule has 3 aromatic rings. The molecular weight excluding hydrogens is 380 g/mol. The largest absolute Gasteiger partial charge is 0.490 e. The van der Waals surface area contributed by atoms with Crippen LogP contribution in [0.15, 0.2) is 59.8 Å². The molecule has 3 rings (SSSR count). The van der Waals surface area contributed by atoms with Gasteiger partial charge in [-0.2, -0.15) is 10.2 Å². The van der Waals surface area contributed by atoms with Crippen LogP contribution in [-0.4, -0.2) is 33.1 Å². The molecule has 1 heterocycles. The smallest absolute Gasteiger partial charge is 0.311 e. The highest BCUT2D eigenvalue weighted by molar-refractivity contribution is 7.80. The van der Waals surface area contributed by atoms with E-state index >= 15 is 0 Å². The summed E-state index contributed by atoms with van der Waals surface area (Å²) in [5, 5.41) is 19.9. The number of para-hydroxylation sites is 1. The number of thiocarbonyl (C=S) groups is 1. The molecule has 0 radical (unpaired) electrons. The van der Waals surface area contributed by atoms with Crippen LogP contribution in [0.4, 0.5) is 5.69 Å². The van der Waals surface area contributed by atoms with Crippen molar-refractivity contribution in [2.24, 2.45) is 10.8 Å². The summed E-state index contributed by atoms with van der Waals surface area (Å²) in [6.07, 6.45) is 3.25. The molecule has 10 heteroatoms. The van der Waals surface area contributed by atoms with E-state index in [1.54, 1.807) is 16.9 Å². The fourth-order valence-electron chi connectivity index (χ4n) is 2.56. The van der Waals surface area contributed by atoms with Crippen LogP contribution in [0.2, 0.25) is 0 Å². The van der Waals surface area contributed by atoms with Gasteiger partial charge in [0, 0.05) is 23.4 Å². The summed E-state index contributed by atoms with van der Waals surface area (Å²) in [5.74, 6) is 0.168. The Morgan fingerprint density at radius 3 is 2.75 bits per heavy atom. The third-order valence-corrected chi connectivity index (χ3v) is 3.88. The molecule has 0 amide bonds. The SMILES string of the molecule is COc1ccc(-c2nn(-c3ccccc3)cc2/C=N\NC(N)=S)cc1[N+](=O)[O-]. The Bertz CT molecular complexity index is 1050. The fraction of sp³-hybridized carbons (Fsp3) is 0.0556.